The van der Waals surface area contributed by atoms with Crippen molar-refractivity contribution >= 4 is 32.6 Å². The van der Waals surface area contributed by atoms with Crippen molar-refractivity contribution in [1.29, 1.82) is 0 Å². The van der Waals surface area contributed by atoms with Crippen molar-refractivity contribution in [3.63, 3.8) is 0 Å². The third-order valence-corrected chi connectivity index (χ3v) is 5.03. The van der Waals surface area contributed by atoms with Gasteiger partial charge in [0.25, 0.3) is 0 Å². The topological polar surface area (TPSA) is 110 Å². The van der Waals surface area contributed by atoms with Gasteiger partial charge in [0.2, 0.25) is 5.91 Å². The maximum Gasteiger partial charge on any atom is 0.240 e. The lowest BCUT2D eigenvalue weighted by molar-refractivity contribution is -0.113. The van der Waals surface area contributed by atoms with Crippen molar-refractivity contribution in [2.45, 2.75) is 27.2 Å². The molecule has 0 unspecified atom stereocenters. The number of amides is 1. The fraction of sp³-hybridized carbons (Fsp3) is 0.615. The van der Waals surface area contributed by atoms with E-state index < -0.39 is 21.5 Å². The molecule has 8 nitrogen and oxygen atoms in total. The summed E-state index contributed by atoms with van der Waals surface area (Å²) in [7, 11) is -1.65. The Morgan fingerprint density at radius 3 is 2.68 bits per heavy atom. The molecule has 2 rings (SSSR count). The lowest BCUT2D eigenvalue weighted by Gasteiger charge is -2.07. The molecular formula is C13H21N5O3S. The van der Waals surface area contributed by atoms with Gasteiger partial charge < -0.3 is 5.32 Å². The smallest absolute Gasteiger partial charge is 0.240 e. The molecule has 22 heavy (non-hydrogen) atoms. The summed E-state index contributed by atoms with van der Waals surface area (Å²) in [6.45, 7) is 5.56. The van der Waals surface area contributed by atoms with Crippen LogP contribution in [0.5, 0.6) is 0 Å². The van der Waals surface area contributed by atoms with Crippen LogP contribution in [0.4, 0.5) is 5.82 Å². The van der Waals surface area contributed by atoms with Crippen molar-refractivity contribution in [3.05, 3.63) is 5.69 Å². The molecule has 0 bridgehead atoms. The fourth-order valence-electron chi connectivity index (χ4n) is 2.40. The quantitative estimate of drug-likeness (QED) is 0.818. The van der Waals surface area contributed by atoms with Crippen LogP contribution in [0, 0.1) is 5.92 Å². The number of carbonyl (C=O) groups excluding carboxylic acids is 1. The van der Waals surface area contributed by atoms with E-state index in [-0.39, 0.29) is 11.7 Å². The summed E-state index contributed by atoms with van der Waals surface area (Å²) >= 11 is 0. The highest BCUT2D eigenvalue weighted by Gasteiger charge is 2.21. The first kappa shape index (κ1) is 16.5. The number of hydrogen-bond donors (Lipinski definition) is 2. The summed E-state index contributed by atoms with van der Waals surface area (Å²) in [6, 6.07) is 0. The highest BCUT2D eigenvalue weighted by atomic mass is 32.2. The minimum Gasteiger partial charge on any atom is -0.310 e. The molecule has 0 aromatic carbocycles. The second kappa shape index (κ2) is 6.07. The van der Waals surface area contributed by atoms with Crippen LogP contribution in [0.3, 0.4) is 0 Å². The number of sulfone groups is 1. The van der Waals surface area contributed by atoms with Crippen molar-refractivity contribution in [3.8, 4) is 0 Å². The van der Waals surface area contributed by atoms with E-state index in [0.717, 1.165) is 11.1 Å². The lowest BCUT2D eigenvalue weighted by Crippen LogP contribution is -2.26. The zero-order valence-electron chi connectivity index (χ0n) is 13.2. The molecule has 0 aliphatic carbocycles. The van der Waals surface area contributed by atoms with Crippen LogP contribution in [0.1, 0.15) is 26.5 Å². The SMILES string of the molecule is CCc1nn(C)c2n[nH]c(NC(=O)CS(=O)(=O)CC(C)C)c12. The fourth-order valence-corrected chi connectivity index (χ4v) is 4.00. The number of carbonyl (C=O) groups is 1. The average molecular weight is 327 g/mol. The van der Waals surface area contributed by atoms with Gasteiger partial charge in [-0.3, -0.25) is 9.89 Å². The van der Waals surface area contributed by atoms with E-state index in [1.165, 1.54) is 0 Å². The molecule has 122 valence electrons. The minimum absolute atomic E-state index is 0.00803. The van der Waals surface area contributed by atoms with Gasteiger partial charge in [0, 0.05) is 7.05 Å². The summed E-state index contributed by atoms with van der Waals surface area (Å²) < 4.78 is 25.4. The molecule has 2 heterocycles. The van der Waals surface area contributed by atoms with Gasteiger partial charge in [-0.25, -0.2) is 13.1 Å². The van der Waals surface area contributed by atoms with Gasteiger partial charge in [-0.15, -0.1) is 0 Å². The van der Waals surface area contributed by atoms with Gasteiger partial charge >= 0.3 is 0 Å². The number of anilines is 1. The molecule has 9 heteroatoms. The summed E-state index contributed by atoms with van der Waals surface area (Å²) in [5, 5.41) is 14.5. The predicted octanol–water partition coefficient (Wildman–Crippen LogP) is 0.868. The predicted molar refractivity (Wildman–Crippen MR) is 84.4 cm³/mol. The number of aromatic nitrogens is 4. The van der Waals surface area contributed by atoms with Crippen molar-refractivity contribution in [2.75, 3.05) is 16.8 Å². The maximum atomic E-state index is 12.0. The van der Waals surface area contributed by atoms with Crippen LogP contribution >= 0.6 is 0 Å². The van der Waals surface area contributed by atoms with E-state index in [4.69, 9.17) is 0 Å². The Kier molecular flexibility index (Phi) is 4.55. The van der Waals surface area contributed by atoms with Crippen molar-refractivity contribution in [1.82, 2.24) is 20.0 Å². The monoisotopic (exact) mass is 327 g/mol. The van der Waals surface area contributed by atoms with Crippen LogP contribution < -0.4 is 5.32 Å². The number of hydrogen-bond acceptors (Lipinski definition) is 5. The van der Waals surface area contributed by atoms with E-state index in [1.54, 1.807) is 25.6 Å². The number of H-pyrrole nitrogens is 1. The first-order chi connectivity index (χ1) is 10.2. The van der Waals surface area contributed by atoms with E-state index in [2.05, 4.69) is 20.6 Å². The van der Waals surface area contributed by atoms with Crippen LogP contribution in [-0.4, -0.2) is 45.8 Å². The third-order valence-electron chi connectivity index (χ3n) is 3.15. The molecule has 2 aromatic rings. The Balaban J connectivity index is 2.19. The average Bonchev–Trinajstić information content (AvgIpc) is 2.89. The van der Waals surface area contributed by atoms with Gasteiger partial charge in [0.15, 0.2) is 15.5 Å². The highest BCUT2D eigenvalue weighted by molar-refractivity contribution is 7.92. The number of fused-ring (bicyclic) bond motifs is 1. The zero-order valence-corrected chi connectivity index (χ0v) is 14.0. The number of aryl methyl sites for hydroxylation is 2. The second-order valence-electron chi connectivity index (χ2n) is 5.72. The molecule has 0 saturated heterocycles. The molecule has 2 aromatic heterocycles. The van der Waals surface area contributed by atoms with E-state index in [0.29, 0.717) is 17.9 Å². The van der Waals surface area contributed by atoms with Gasteiger partial charge in [-0.2, -0.15) is 10.2 Å². The largest absolute Gasteiger partial charge is 0.310 e. The number of nitrogens with zero attached hydrogens (tertiary/aromatic N) is 3. The molecule has 0 radical (unpaired) electrons. The number of aromatic amines is 1. The van der Waals surface area contributed by atoms with Gasteiger partial charge in [-0.05, 0) is 12.3 Å². The molecule has 0 aliphatic heterocycles. The normalized spacial score (nSPS) is 12.2. The molecule has 1 amide bonds. The molecule has 2 N–H and O–H groups in total. The van der Waals surface area contributed by atoms with Gasteiger partial charge in [-0.1, -0.05) is 20.8 Å². The Labute approximate surface area is 129 Å². The Hall–Kier alpha value is -1.90. The molecule has 0 saturated carbocycles. The van der Waals surface area contributed by atoms with Gasteiger partial charge in [0.1, 0.15) is 11.6 Å². The first-order valence-corrected chi connectivity index (χ1v) is 8.95. The van der Waals surface area contributed by atoms with E-state index in [1.807, 2.05) is 6.92 Å². The summed E-state index contributed by atoms with van der Waals surface area (Å²) in [5.41, 5.74) is 1.42. The number of nitrogens with one attached hydrogen (secondary N) is 2. The van der Waals surface area contributed by atoms with Crippen LogP contribution in [0.15, 0.2) is 0 Å². The molecular weight excluding hydrogens is 306 g/mol. The standard InChI is InChI=1S/C13H21N5O3S/c1-5-9-11-12(15-16-13(11)18(4)17-9)14-10(19)7-22(20,21)6-8(2)3/h8H,5-7H2,1-4H3,(H2,14,15,16,19). The zero-order chi connectivity index (χ0) is 16.5. The minimum atomic E-state index is -3.41. The molecule has 0 fully saturated rings. The molecule has 0 atom stereocenters. The Bertz CT molecular complexity index is 788. The van der Waals surface area contributed by atoms with Crippen LogP contribution in [0.2, 0.25) is 0 Å². The second-order valence-corrected chi connectivity index (χ2v) is 7.83. The Morgan fingerprint density at radius 1 is 1.41 bits per heavy atom. The third kappa shape index (κ3) is 3.46. The van der Waals surface area contributed by atoms with Crippen molar-refractivity contribution in [2.24, 2.45) is 13.0 Å². The molecule has 0 aliphatic rings. The summed E-state index contributed by atoms with van der Waals surface area (Å²) in [5.74, 6) is -0.734. The lowest BCUT2D eigenvalue weighted by atomic mass is 10.2. The Morgan fingerprint density at radius 2 is 2.09 bits per heavy atom. The first-order valence-electron chi connectivity index (χ1n) is 7.13. The van der Waals surface area contributed by atoms with Crippen LogP contribution in [-0.2, 0) is 28.1 Å². The highest BCUT2D eigenvalue weighted by Crippen LogP contribution is 2.24. The van der Waals surface area contributed by atoms with Crippen molar-refractivity contribution < 1.29 is 13.2 Å². The van der Waals surface area contributed by atoms with Gasteiger partial charge in [0.05, 0.1) is 16.8 Å². The van der Waals surface area contributed by atoms with Crippen LogP contribution in [0.25, 0.3) is 11.0 Å². The molecule has 0 spiro atoms. The van der Waals surface area contributed by atoms with E-state index >= 15 is 0 Å². The van der Waals surface area contributed by atoms with E-state index in [9.17, 15) is 13.2 Å². The number of rotatable bonds is 6. The summed E-state index contributed by atoms with van der Waals surface area (Å²) in [6.07, 6.45) is 0.686. The summed E-state index contributed by atoms with van der Waals surface area (Å²) in [4.78, 5) is 12.0. The maximum absolute atomic E-state index is 12.0.